The number of nitrogens with zero attached hydrogens (tertiary/aromatic N) is 2. The Morgan fingerprint density at radius 2 is 2.37 bits per heavy atom. The Morgan fingerprint density at radius 1 is 1.58 bits per heavy atom. The molecule has 19 heavy (non-hydrogen) atoms. The zero-order valence-corrected chi connectivity index (χ0v) is 11.5. The SMILES string of the molecule is COC(=O)c1ccnc(N(C)C2CCCC2CN)c1. The summed E-state index contributed by atoms with van der Waals surface area (Å²) in [4.78, 5) is 18.0. The van der Waals surface area contributed by atoms with Gasteiger partial charge >= 0.3 is 5.97 Å². The molecule has 0 radical (unpaired) electrons. The molecule has 2 N–H and O–H groups in total. The summed E-state index contributed by atoms with van der Waals surface area (Å²) in [6.45, 7) is 0.700. The Labute approximate surface area is 113 Å². The molecular formula is C14H21N3O2. The molecule has 1 aromatic rings. The zero-order valence-electron chi connectivity index (χ0n) is 11.5. The summed E-state index contributed by atoms with van der Waals surface area (Å²) in [6, 6.07) is 3.85. The Kier molecular flexibility index (Phi) is 4.37. The number of nitrogens with two attached hydrogens (primary N) is 1. The van der Waals surface area contributed by atoms with Crippen molar-refractivity contribution in [1.82, 2.24) is 4.98 Å². The molecule has 0 aromatic carbocycles. The molecule has 0 aliphatic heterocycles. The molecule has 5 nitrogen and oxygen atoms in total. The van der Waals surface area contributed by atoms with Gasteiger partial charge in [-0.25, -0.2) is 9.78 Å². The van der Waals surface area contributed by atoms with Crippen LogP contribution in [-0.2, 0) is 4.74 Å². The van der Waals surface area contributed by atoms with E-state index in [4.69, 9.17) is 10.5 Å². The number of ether oxygens (including phenoxy) is 1. The maximum Gasteiger partial charge on any atom is 0.338 e. The number of esters is 1. The van der Waals surface area contributed by atoms with Gasteiger partial charge in [0.05, 0.1) is 12.7 Å². The summed E-state index contributed by atoms with van der Waals surface area (Å²) < 4.78 is 4.73. The number of rotatable bonds is 4. The van der Waals surface area contributed by atoms with Crippen molar-refractivity contribution in [3.63, 3.8) is 0 Å². The van der Waals surface area contributed by atoms with Crippen molar-refractivity contribution in [2.75, 3.05) is 25.6 Å². The van der Waals surface area contributed by atoms with Gasteiger partial charge in [-0.3, -0.25) is 0 Å². The molecule has 0 amide bonds. The van der Waals surface area contributed by atoms with Crippen molar-refractivity contribution in [1.29, 1.82) is 0 Å². The smallest absolute Gasteiger partial charge is 0.338 e. The van der Waals surface area contributed by atoms with Crippen molar-refractivity contribution in [2.24, 2.45) is 11.7 Å². The van der Waals surface area contributed by atoms with Gasteiger partial charge in [-0.05, 0) is 37.4 Å². The van der Waals surface area contributed by atoms with E-state index in [2.05, 4.69) is 9.88 Å². The number of hydrogen-bond donors (Lipinski definition) is 1. The average molecular weight is 263 g/mol. The normalized spacial score (nSPS) is 22.3. The van der Waals surface area contributed by atoms with Crippen molar-refractivity contribution in [3.8, 4) is 0 Å². The van der Waals surface area contributed by atoms with Crippen LogP contribution in [0.5, 0.6) is 0 Å². The average Bonchev–Trinajstić information content (AvgIpc) is 2.94. The van der Waals surface area contributed by atoms with Crippen molar-refractivity contribution in [2.45, 2.75) is 25.3 Å². The number of carbonyl (C=O) groups is 1. The van der Waals surface area contributed by atoms with Crippen LogP contribution in [0.2, 0.25) is 0 Å². The van der Waals surface area contributed by atoms with Gasteiger partial charge in [0.25, 0.3) is 0 Å². The summed E-state index contributed by atoms with van der Waals surface area (Å²) in [6.07, 6.45) is 5.14. The van der Waals surface area contributed by atoms with E-state index in [1.54, 1.807) is 18.3 Å². The van der Waals surface area contributed by atoms with Crippen LogP contribution < -0.4 is 10.6 Å². The van der Waals surface area contributed by atoms with Gasteiger partial charge in [-0.1, -0.05) is 6.42 Å². The fraction of sp³-hybridized carbons (Fsp3) is 0.571. The minimum atomic E-state index is -0.334. The standard InChI is InChI=1S/C14H21N3O2/c1-17(12-5-3-4-11(12)9-15)13-8-10(6-7-16-13)14(18)19-2/h6-8,11-12H,3-5,9,15H2,1-2H3. The molecule has 1 heterocycles. The number of anilines is 1. The van der Waals surface area contributed by atoms with Crippen LogP contribution in [0, 0.1) is 5.92 Å². The first kappa shape index (κ1) is 13.8. The van der Waals surface area contributed by atoms with Gasteiger partial charge in [-0.15, -0.1) is 0 Å². The molecule has 0 spiro atoms. The first-order valence-electron chi connectivity index (χ1n) is 6.64. The molecular weight excluding hydrogens is 242 g/mol. The summed E-state index contributed by atoms with van der Waals surface area (Å²) >= 11 is 0. The quantitative estimate of drug-likeness (QED) is 0.832. The van der Waals surface area contributed by atoms with Crippen LogP contribution in [0.1, 0.15) is 29.6 Å². The summed E-state index contributed by atoms with van der Waals surface area (Å²) in [7, 11) is 3.40. The third kappa shape index (κ3) is 2.87. The number of carbonyl (C=O) groups excluding carboxylic acids is 1. The molecule has 1 aliphatic rings. The minimum absolute atomic E-state index is 0.334. The lowest BCUT2D eigenvalue weighted by atomic mass is 10.0. The van der Waals surface area contributed by atoms with Gasteiger partial charge in [0, 0.05) is 19.3 Å². The van der Waals surface area contributed by atoms with Crippen LogP contribution in [0.15, 0.2) is 18.3 Å². The Bertz CT molecular complexity index is 450. The largest absolute Gasteiger partial charge is 0.465 e. The Morgan fingerprint density at radius 3 is 3.05 bits per heavy atom. The third-order valence-electron chi connectivity index (χ3n) is 3.95. The maximum absolute atomic E-state index is 11.5. The summed E-state index contributed by atoms with van der Waals surface area (Å²) in [5, 5.41) is 0. The lowest BCUT2D eigenvalue weighted by Crippen LogP contribution is -2.38. The molecule has 1 aromatic heterocycles. The van der Waals surface area contributed by atoms with E-state index in [-0.39, 0.29) is 5.97 Å². The zero-order chi connectivity index (χ0) is 13.8. The highest BCUT2D eigenvalue weighted by Gasteiger charge is 2.30. The van der Waals surface area contributed by atoms with E-state index in [9.17, 15) is 4.79 Å². The van der Waals surface area contributed by atoms with E-state index in [1.165, 1.54) is 20.0 Å². The molecule has 1 saturated carbocycles. The molecule has 1 aliphatic carbocycles. The second kappa shape index (κ2) is 6.02. The van der Waals surface area contributed by atoms with Gasteiger partial charge in [-0.2, -0.15) is 0 Å². The minimum Gasteiger partial charge on any atom is -0.465 e. The van der Waals surface area contributed by atoms with Crippen molar-refractivity contribution >= 4 is 11.8 Å². The Hall–Kier alpha value is -1.62. The Balaban J connectivity index is 2.19. The summed E-state index contributed by atoms with van der Waals surface area (Å²) in [5.41, 5.74) is 6.35. The molecule has 2 rings (SSSR count). The molecule has 0 bridgehead atoms. The van der Waals surface area contributed by atoms with Crippen molar-refractivity contribution in [3.05, 3.63) is 23.9 Å². The molecule has 5 heteroatoms. The number of methoxy groups -OCH3 is 1. The first-order valence-corrected chi connectivity index (χ1v) is 6.64. The van der Waals surface area contributed by atoms with E-state index in [0.29, 0.717) is 24.1 Å². The summed E-state index contributed by atoms with van der Waals surface area (Å²) in [5.74, 6) is 0.973. The fourth-order valence-corrected chi connectivity index (χ4v) is 2.83. The second-order valence-electron chi connectivity index (χ2n) is 5.00. The van der Waals surface area contributed by atoms with Gasteiger partial charge in [0.15, 0.2) is 0 Å². The van der Waals surface area contributed by atoms with Gasteiger partial charge in [0.1, 0.15) is 5.82 Å². The first-order chi connectivity index (χ1) is 9.17. The van der Waals surface area contributed by atoms with E-state index in [0.717, 1.165) is 12.2 Å². The monoisotopic (exact) mass is 263 g/mol. The predicted molar refractivity (Wildman–Crippen MR) is 74.2 cm³/mol. The van der Waals surface area contributed by atoms with E-state index < -0.39 is 0 Å². The van der Waals surface area contributed by atoms with Crippen LogP contribution in [0.25, 0.3) is 0 Å². The van der Waals surface area contributed by atoms with Crippen LogP contribution in [0.3, 0.4) is 0 Å². The lowest BCUT2D eigenvalue weighted by molar-refractivity contribution is 0.0600. The number of hydrogen-bond acceptors (Lipinski definition) is 5. The molecule has 1 fully saturated rings. The van der Waals surface area contributed by atoms with Crippen LogP contribution in [-0.4, -0.2) is 37.7 Å². The van der Waals surface area contributed by atoms with Crippen molar-refractivity contribution < 1.29 is 9.53 Å². The predicted octanol–water partition coefficient (Wildman–Crippen LogP) is 1.43. The second-order valence-corrected chi connectivity index (χ2v) is 5.00. The highest BCUT2D eigenvalue weighted by Crippen LogP contribution is 2.30. The van der Waals surface area contributed by atoms with Gasteiger partial charge < -0.3 is 15.4 Å². The maximum atomic E-state index is 11.5. The highest BCUT2D eigenvalue weighted by atomic mass is 16.5. The fourth-order valence-electron chi connectivity index (χ4n) is 2.83. The highest BCUT2D eigenvalue weighted by molar-refractivity contribution is 5.90. The molecule has 2 unspecified atom stereocenters. The van der Waals surface area contributed by atoms with E-state index >= 15 is 0 Å². The third-order valence-corrected chi connectivity index (χ3v) is 3.95. The number of aromatic nitrogens is 1. The van der Waals surface area contributed by atoms with Gasteiger partial charge in [0.2, 0.25) is 0 Å². The van der Waals surface area contributed by atoms with Crippen LogP contribution >= 0.6 is 0 Å². The van der Waals surface area contributed by atoms with E-state index in [1.807, 2.05) is 7.05 Å². The molecule has 0 saturated heterocycles. The number of pyridine rings is 1. The molecule has 2 atom stereocenters. The lowest BCUT2D eigenvalue weighted by Gasteiger charge is -2.30. The molecule has 104 valence electrons. The van der Waals surface area contributed by atoms with Crippen LogP contribution in [0.4, 0.5) is 5.82 Å². The topological polar surface area (TPSA) is 68.5 Å².